The second-order valence-electron chi connectivity index (χ2n) is 4.65. The van der Waals surface area contributed by atoms with E-state index < -0.39 is 48.7 Å². The van der Waals surface area contributed by atoms with Gasteiger partial charge in [0.05, 0.1) is 0 Å². The van der Waals surface area contributed by atoms with Crippen LogP contribution in [-0.2, 0) is 33.3 Å². The van der Waals surface area contributed by atoms with Crippen molar-refractivity contribution in [1.82, 2.24) is 0 Å². The number of carbonyl (C=O) groups is 3. The van der Waals surface area contributed by atoms with Gasteiger partial charge in [-0.05, 0) is 6.42 Å². The fourth-order valence-corrected chi connectivity index (χ4v) is 2.10. The Labute approximate surface area is 121 Å². The van der Waals surface area contributed by atoms with Crippen LogP contribution in [0.3, 0.4) is 0 Å². The normalized spacial score (nSPS) is 29.6. The van der Waals surface area contributed by atoms with E-state index in [4.69, 9.17) is 18.9 Å². The summed E-state index contributed by atoms with van der Waals surface area (Å²) in [6, 6.07) is 0. The molecule has 1 rings (SSSR count). The number of carbonyl (C=O) groups excluding carboxylic acids is 3. The molecule has 0 amide bonds. The van der Waals surface area contributed by atoms with E-state index in [0.29, 0.717) is 6.42 Å². The van der Waals surface area contributed by atoms with Gasteiger partial charge >= 0.3 is 17.9 Å². The highest BCUT2D eigenvalue weighted by atomic mass is 19.1. The lowest BCUT2D eigenvalue weighted by molar-refractivity contribution is -0.201. The third kappa shape index (κ3) is 4.66. The quantitative estimate of drug-likeness (QED) is 0.550. The molecule has 0 aliphatic carbocycles. The minimum absolute atomic E-state index is 0.296. The Morgan fingerprint density at radius 3 is 2.10 bits per heavy atom. The monoisotopic (exact) mass is 306 g/mol. The summed E-state index contributed by atoms with van der Waals surface area (Å²) in [7, 11) is 0. The van der Waals surface area contributed by atoms with Gasteiger partial charge in [-0.25, -0.2) is 4.39 Å². The molecule has 0 aromatic rings. The van der Waals surface area contributed by atoms with Crippen LogP contribution in [0, 0.1) is 0 Å². The van der Waals surface area contributed by atoms with Gasteiger partial charge in [0.1, 0.15) is 12.2 Å². The van der Waals surface area contributed by atoms with Crippen molar-refractivity contribution < 1.29 is 37.7 Å². The Balaban J connectivity index is 2.89. The first-order valence-corrected chi connectivity index (χ1v) is 6.57. The van der Waals surface area contributed by atoms with Crippen molar-refractivity contribution >= 4 is 17.9 Å². The first-order chi connectivity index (χ1) is 9.76. The largest absolute Gasteiger partial charge is 0.460 e. The second-order valence-corrected chi connectivity index (χ2v) is 4.65. The van der Waals surface area contributed by atoms with E-state index in [1.807, 2.05) is 0 Å². The third-order valence-corrected chi connectivity index (χ3v) is 2.86. The van der Waals surface area contributed by atoms with Gasteiger partial charge in [-0.3, -0.25) is 14.4 Å². The van der Waals surface area contributed by atoms with Crippen LogP contribution in [0.1, 0.15) is 34.1 Å². The maximum Gasteiger partial charge on any atom is 0.305 e. The number of alkyl halides is 1. The number of ether oxygens (including phenoxy) is 4. The zero-order valence-corrected chi connectivity index (χ0v) is 12.3. The SMILES string of the molecule is CC[C@H](OC(C)=O)C1OC(OC(C)=O)C(OC(C)=O)C1F. The maximum atomic E-state index is 14.4. The van der Waals surface area contributed by atoms with Gasteiger partial charge in [-0.1, -0.05) is 6.92 Å². The van der Waals surface area contributed by atoms with E-state index in [1.165, 1.54) is 6.92 Å². The molecule has 0 aromatic heterocycles. The van der Waals surface area contributed by atoms with Crippen LogP contribution in [0.4, 0.5) is 4.39 Å². The van der Waals surface area contributed by atoms with Crippen LogP contribution in [-0.4, -0.2) is 48.7 Å². The van der Waals surface area contributed by atoms with Gasteiger partial charge in [-0.15, -0.1) is 0 Å². The van der Waals surface area contributed by atoms with E-state index in [1.54, 1.807) is 6.92 Å². The Morgan fingerprint density at radius 2 is 1.67 bits per heavy atom. The lowest BCUT2D eigenvalue weighted by Crippen LogP contribution is -2.39. The van der Waals surface area contributed by atoms with Crippen molar-refractivity contribution in [2.24, 2.45) is 0 Å². The molecular formula is C13H19FO7. The highest BCUT2D eigenvalue weighted by molar-refractivity contribution is 5.67. The fourth-order valence-electron chi connectivity index (χ4n) is 2.10. The molecular weight excluding hydrogens is 287 g/mol. The first kappa shape index (κ1) is 17.4. The highest BCUT2D eigenvalue weighted by Gasteiger charge is 2.52. The van der Waals surface area contributed by atoms with Crippen LogP contribution in [0.15, 0.2) is 0 Å². The Morgan fingerprint density at radius 1 is 1.10 bits per heavy atom. The minimum atomic E-state index is -1.78. The number of esters is 3. The Hall–Kier alpha value is -1.70. The van der Waals surface area contributed by atoms with Gasteiger partial charge in [0.2, 0.25) is 6.29 Å². The third-order valence-electron chi connectivity index (χ3n) is 2.86. The molecule has 1 heterocycles. The fraction of sp³-hybridized carbons (Fsp3) is 0.769. The summed E-state index contributed by atoms with van der Waals surface area (Å²) in [5.74, 6) is -2.02. The zero-order valence-electron chi connectivity index (χ0n) is 12.3. The first-order valence-electron chi connectivity index (χ1n) is 6.57. The topological polar surface area (TPSA) is 88.1 Å². The average molecular weight is 306 g/mol. The molecule has 0 bridgehead atoms. The standard InChI is InChI=1S/C13H19FO7/c1-5-9(18-6(2)15)11-10(14)12(19-7(3)16)13(21-11)20-8(4)17/h9-13H,5H2,1-4H3/t9-,10?,11?,12?,13?/m0/s1. The van der Waals surface area contributed by atoms with E-state index in [2.05, 4.69) is 0 Å². The van der Waals surface area contributed by atoms with Crippen molar-refractivity contribution in [2.75, 3.05) is 0 Å². The summed E-state index contributed by atoms with van der Waals surface area (Å²) in [5.41, 5.74) is 0. The molecule has 4 unspecified atom stereocenters. The second kappa shape index (κ2) is 7.35. The van der Waals surface area contributed by atoms with Gasteiger partial charge in [-0.2, -0.15) is 0 Å². The molecule has 1 aliphatic rings. The molecule has 8 heteroatoms. The van der Waals surface area contributed by atoms with Crippen molar-refractivity contribution in [3.05, 3.63) is 0 Å². The van der Waals surface area contributed by atoms with E-state index in [0.717, 1.165) is 13.8 Å². The van der Waals surface area contributed by atoms with E-state index in [9.17, 15) is 18.8 Å². The minimum Gasteiger partial charge on any atom is -0.460 e. The van der Waals surface area contributed by atoms with E-state index >= 15 is 0 Å². The van der Waals surface area contributed by atoms with Crippen molar-refractivity contribution in [3.63, 3.8) is 0 Å². The lowest BCUT2D eigenvalue weighted by Gasteiger charge is -2.22. The summed E-state index contributed by atoms with van der Waals surface area (Å²) in [6.07, 6.45) is -6.27. The predicted molar refractivity (Wildman–Crippen MR) is 66.7 cm³/mol. The molecule has 0 N–H and O–H groups in total. The molecule has 7 nitrogen and oxygen atoms in total. The Kier molecular flexibility index (Phi) is 6.07. The Bertz CT molecular complexity index is 411. The molecule has 0 radical (unpaired) electrons. The number of rotatable bonds is 5. The average Bonchev–Trinajstić information content (AvgIpc) is 2.63. The van der Waals surface area contributed by atoms with Crippen LogP contribution >= 0.6 is 0 Å². The summed E-state index contributed by atoms with van der Waals surface area (Å²) in [6.45, 7) is 5.11. The predicted octanol–water partition coefficient (Wildman–Crippen LogP) is 0.886. The van der Waals surface area contributed by atoms with Crippen LogP contribution < -0.4 is 0 Å². The van der Waals surface area contributed by atoms with Gasteiger partial charge in [0.25, 0.3) is 0 Å². The molecule has 0 spiro atoms. The van der Waals surface area contributed by atoms with Crippen LogP contribution in [0.25, 0.3) is 0 Å². The van der Waals surface area contributed by atoms with Gasteiger partial charge in [0, 0.05) is 20.8 Å². The maximum absolute atomic E-state index is 14.4. The molecule has 1 aliphatic heterocycles. The molecule has 0 saturated carbocycles. The van der Waals surface area contributed by atoms with Gasteiger partial charge in [0.15, 0.2) is 12.3 Å². The molecule has 5 atom stereocenters. The number of halogens is 1. The number of hydrogen-bond donors (Lipinski definition) is 0. The molecule has 1 saturated heterocycles. The van der Waals surface area contributed by atoms with Crippen LogP contribution in [0.5, 0.6) is 0 Å². The van der Waals surface area contributed by atoms with Crippen LogP contribution in [0.2, 0.25) is 0 Å². The zero-order chi connectivity index (χ0) is 16.2. The van der Waals surface area contributed by atoms with Gasteiger partial charge < -0.3 is 18.9 Å². The van der Waals surface area contributed by atoms with Crippen molar-refractivity contribution in [3.8, 4) is 0 Å². The van der Waals surface area contributed by atoms with Crippen molar-refractivity contribution in [1.29, 1.82) is 0 Å². The lowest BCUT2D eigenvalue weighted by atomic mass is 10.0. The summed E-state index contributed by atoms with van der Waals surface area (Å²) in [5, 5.41) is 0. The molecule has 0 aromatic carbocycles. The summed E-state index contributed by atoms with van der Waals surface area (Å²) >= 11 is 0. The van der Waals surface area contributed by atoms with E-state index in [-0.39, 0.29) is 0 Å². The highest BCUT2D eigenvalue weighted by Crippen LogP contribution is 2.31. The molecule has 1 fully saturated rings. The summed E-state index contributed by atoms with van der Waals surface area (Å²) < 4.78 is 34.3. The molecule has 120 valence electrons. The summed E-state index contributed by atoms with van der Waals surface area (Å²) in [4.78, 5) is 33.1. The molecule has 21 heavy (non-hydrogen) atoms. The smallest absolute Gasteiger partial charge is 0.305 e. The number of hydrogen-bond acceptors (Lipinski definition) is 7. The van der Waals surface area contributed by atoms with Crippen molar-refractivity contribution in [2.45, 2.75) is 64.9 Å².